The van der Waals surface area contributed by atoms with Crippen LogP contribution in [0.1, 0.15) is 43.4 Å². The maximum atomic E-state index is 6.31. The largest absolute Gasteiger partial charge is 0.299 e. The van der Waals surface area contributed by atoms with Crippen molar-refractivity contribution in [1.82, 2.24) is 4.90 Å². The molecule has 0 spiro atoms. The molecule has 2 heteroatoms. The van der Waals surface area contributed by atoms with Crippen LogP contribution in [0.2, 0.25) is 5.02 Å². The zero-order valence-corrected chi connectivity index (χ0v) is 11.1. The summed E-state index contributed by atoms with van der Waals surface area (Å²) in [4.78, 5) is 2.49. The van der Waals surface area contributed by atoms with Crippen LogP contribution in [-0.4, -0.2) is 18.0 Å². The van der Waals surface area contributed by atoms with Crippen LogP contribution in [0.15, 0.2) is 12.1 Å². The summed E-state index contributed by atoms with van der Waals surface area (Å²) < 4.78 is 0. The molecule has 0 N–H and O–H groups in total. The van der Waals surface area contributed by atoms with Gasteiger partial charge in [0.1, 0.15) is 0 Å². The van der Waals surface area contributed by atoms with Gasteiger partial charge in [-0.2, -0.15) is 0 Å². The lowest BCUT2D eigenvalue weighted by Crippen LogP contribution is -2.30. The van der Waals surface area contributed by atoms with Gasteiger partial charge in [0.2, 0.25) is 0 Å². The lowest BCUT2D eigenvalue weighted by Gasteiger charge is -2.28. The van der Waals surface area contributed by atoms with Crippen molar-refractivity contribution < 1.29 is 0 Å². The molecule has 1 heterocycles. The molecule has 0 aromatic heterocycles. The summed E-state index contributed by atoms with van der Waals surface area (Å²) in [6.07, 6.45) is 1.14. The highest BCUT2D eigenvalue weighted by Crippen LogP contribution is 2.30. The van der Waals surface area contributed by atoms with Crippen molar-refractivity contribution in [1.29, 1.82) is 0 Å². The summed E-state index contributed by atoms with van der Waals surface area (Å²) in [5, 5.41) is 0.943. The Bertz CT molecular complexity index is 385. The van der Waals surface area contributed by atoms with Gasteiger partial charge in [-0.05, 0) is 41.6 Å². The molecule has 0 atom stereocenters. The molecule has 88 valence electrons. The summed E-state index contributed by atoms with van der Waals surface area (Å²) in [5.41, 5.74) is 4.21. The molecule has 1 aromatic carbocycles. The lowest BCUT2D eigenvalue weighted by molar-refractivity contribution is 0.268. The second kappa shape index (κ2) is 4.77. The molecule has 1 nitrogen and oxygen atoms in total. The van der Waals surface area contributed by atoms with E-state index in [-0.39, 0.29) is 0 Å². The first-order chi connectivity index (χ1) is 7.61. The van der Waals surface area contributed by atoms with E-state index in [0.29, 0.717) is 5.92 Å². The van der Waals surface area contributed by atoms with Crippen LogP contribution in [-0.2, 0) is 13.0 Å². The van der Waals surface area contributed by atoms with E-state index in [9.17, 15) is 0 Å². The predicted molar refractivity (Wildman–Crippen MR) is 70.2 cm³/mol. The molecule has 0 fully saturated rings. The van der Waals surface area contributed by atoms with Gasteiger partial charge in [0.15, 0.2) is 0 Å². The molecule has 0 aliphatic carbocycles. The number of hydrogen-bond acceptors (Lipinski definition) is 1. The topological polar surface area (TPSA) is 3.24 Å². The van der Waals surface area contributed by atoms with Crippen molar-refractivity contribution in [3.8, 4) is 0 Å². The highest BCUT2D eigenvalue weighted by molar-refractivity contribution is 6.31. The maximum absolute atomic E-state index is 6.31. The summed E-state index contributed by atoms with van der Waals surface area (Å²) in [7, 11) is 0. The van der Waals surface area contributed by atoms with Crippen molar-refractivity contribution in [2.24, 2.45) is 0 Å². The fraction of sp³-hybridized carbons (Fsp3) is 0.571. The van der Waals surface area contributed by atoms with Gasteiger partial charge in [-0.25, -0.2) is 0 Å². The minimum absolute atomic E-state index is 0.509. The molecule has 0 amide bonds. The Balaban J connectivity index is 2.36. The van der Waals surface area contributed by atoms with Gasteiger partial charge in [0, 0.05) is 18.1 Å². The quantitative estimate of drug-likeness (QED) is 0.756. The molecular formula is C14H20ClN. The van der Waals surface area contributed by atoms with E-state index in [1.54, 1.807) is 0 Å². The summed E-state index contributed by atoms with van der Waals surface area (Å²) in [5.74, 6) is 0.509. The van der Waals surface area contributed by atoms with E-state index in [1.165, 1.54) is 23.2 Å². The SMILES string of the molecule is CCN1CCc2cc(Cl)c(C(C)C)cc2C1. The van der Waals surface area contributed by atoms with Crippen LogP contribution in [0.3, 0.4) is 0 Å². The van der Waals surface area contributed by atoms with Gasteiger partial charge in [0.25, 0.3) is 0 Å². The number of benzene rings is 1. The summed E-state index contributed by atoms with van der Waals surface area (Å²) in [6.45, 7) is 10.0. The molecule has 1 aromatic rings. The first-order valence-electron chi connectivity index (χ1n) is 6.15. The number of rotatable bonds is 2. The molecule has 0 bridgehead atoms. The van der Waals surface area contributed by atoms with E-state index in [4.69, 9.17) is 11.6 Å². The highest BCUT2D eigenvalue weighted by Gasteiger charge is 2.17. The molecule has 0 radical (unpaired) electrons. The van der Waals surface area contributed by atoms with Crippen molar-refractivity contribution in [3.05, 3.63) is 33.8 Å². The third kappa shape index (κ3) is 2.26. The Labute approximate surface area is 103 Å². The second-order valence-electron chi connectivity index (χ2n) is 4.92. The Morgan fingerprint density at radius 3 is 2.69 bits per heavy atom. The fourth-order valence-corrected chi connectivity index (χ4v) is 2.77. The average molecular weight is 238 g/mol. The minimum atomic E-state index is 0.509. The second-order valence-corrected chi connectivity index (χ2v) is 5.32. The number of halogens is 1. The maximum Gasteiger partial charge on any atom is 0.0443 e. The van der Waals surface area contributed by atoms with Gasteiger partial charge in [0.05, 0.1) is 0 Å². The number of likely N-dealkylation sites (N-methyl/N-ethyl adjacent to an activating group) is 1. The summed E-state index contributed by atoms with van der Waals surface area (Å²) >= 11 is 6.31. The first-order valence-corrected chi connectivity index (χ1v) is 6.53. The van der Waals surface area contributed by atoms with Gasteiger partial charge < -0.3 is 0 Å². The monoisotopic (exact) mass is 237 g/mol. The van der Waals surface area contributed by atoms with Crippen molar-refractivity contribution in [2.45, 2.75) is 39.7 Å². The van der Waals surface area contributed by atoms with Gasteiger partial charge >= 0.3 is 0 Å². The van der Waals surface area contributed by atoms with E-state index < -0.39 is 0 Å². The van der Waals surface area contributed by atoms with Crippen LogP contribution in [0.4, 0.5) is 0 Å². The van der Waals surface area contributed by atoms with Crippen molar-refractivity contribution >= 4 is 11.6 Å². The van der Waals surface area contributed by atoms with E-state index >= 15 is 0 Å². The number of fused-ring (bicyclic) bond motifs is 1. The Morgan fingerprint density at radius 2 is 2.06 bits per heavy atom. The first kappa shape index (κ1) is 11.9. The van der Waals surface area contributed by atoms with Gasteiger partial charge in [-0.3, -0.25) is 4.90 Å². The van der Waals surface area contributed by atoms with Crippen molar-refractivity contribution in [3.63, 3.8) is 0 Å². The van der Waals surface area contributed by atoms with Crippen LogP contribution in [0.25, 0.3) is 0 Å². The van der Waals surface area contributed by atoms with Crippen LogP contribution in [0.5, 0.6) is 0 Å². The van der Waals surface area contributed by atoms with E-state index in [2.05, 4.69) is 37.8 Å². The molecule has 1 aliphatic rings. The number of nitrogens with zero attached hydrogens (tertiary/aromatic N) is 1. The fourth-order valence-electron chi connectivity index (χ4n) is 2.37. The minimum Gasteiger partial charge on any atom is -0.299 e. The Morgan fingerprint density at radius 1 is 1.31 bits per heavy atom. The molecule has 1 aliphatic heterocycles. The zero-order chi connectivity index (χ0) is 11.7. The Hall–Kier alpha value is -0.530. The van der Waals surface area contributed by atoms with Gasteiger partial charge in [-0.1, -0.05) is 38.4 Å². The highest BCUT2D eigenvalue weighted by atomic mass is 35.5. The van der Waals surface area contributed by atoms with E-state index in [1.807, 2.05) is 0 Å². The molecule has 0 saturated heterocycles. The third-order valence-electron chi connectivity index (χ3n) is 3.48. The smallest absolute Gasteiger partial charge is 0.0443 e. The average Bonchev–Trinajstić information content (AvgIpc) is 2.27. The standard InChI is InChI=1S/C14H20ClN/c1-4-16-6-5-11-8-14(15)13(10(2)3)7-12(11)9-16/h7-8,10H,4-6,9H2,1-3H3. The molecule has 0 unspecified atom stereocenters. The summed E-state index contributed by atoms with van der Waals surface area (Å²) in [6, 6.07) is 4.49. The molecular weight excluding hydrogens is 218 g/mol. The third-order valence-corrected chi connectivity index (χ3v) is 3.81. The normalized spacial score (nSPS) is 16.6. The van der Waals surface area contributed by atoms with Crippen LogP contribution < -0.4 is 0 Å². The van der Waals surface area contributed by atoms with Crippen LogP contribution in [0, 0.1) is 0 Å². The van der Waals surface area contributed by atoms with Crippen molar-refractivity contribution in [2.75, 3.05) is 13.1 Å². The van der Waals surface area contributed by atoms with E-state index in [0.717, 1.165) is 24.5 Å². The number of hydrogen-bond donors (Lipinski definition) is 0. The molecule has 0 saturated carbocycles. The lowest BCUT2D eigenvalue weighted by atomic mass is 9.93. The van der Waals surface area contributed by atoms with Gasteiger partial charge in [-0.15, -0.1) is 0 Å². The Kier molecular flexibility index (Phi) is 3.56. The molecule has 2 rings (SSSR count). The van der Waals surface area contributed by atoms with Crippen LogP contribution >= 0.6 is 11.6 Å². The molecule has 16 heavy (non-hydrogen) atoms. The predicted octanol–water partition coefficient (Wildman–Crippen LogP) is 3.84. The zero-order valence-electron chi connectivity index (χ0n) is 10.4.